The van der Waals surface area contributed by atoms with Gasteiger partial charge in [-0.2, -0.15) is 4.31 Å². The number of amides is 2. The molecule has 0 radical (unpaired) electrons. The lowest BCUT2D eigenvalue weighted by Gasteiger charge is -2.36. The molecule has 1 saturated carbocycles. The Labute approximate surface area is 222 Å². The fourth-order valence-electron chi connectivity index (χ4n) is 4.83. The summed E-state index contributed by atoms with van der Waals surface area (Å²) in [5, 5.41) is 5.90. The van der Waals surface area contributed by atoms with Crippen molar-refractivity contribution < 1.29 is 27.0 Å². The molecular weight excluding hydrogens is 519 g/mol. The molecule has 1 aromatic carbocycles. The summed E-state index contributed by atoms with van der Waals surface area (Å²) < 4.78 is 57.7. The van der Waals surface area contributed by atoms with Gasteiger partial charge in [-0.05, 0) is 43.7 Å². The van der Waals surface area contributed by atoms with Gasteiger partial charge in [-0.25, -0.2) is 17.4 Å². The third kappa shape index (κ3) is 6.01. The van der Waals surface area contributed by atoms with Crippen molar-refractivity contribution in [1.29, 1.82) is 0 Å². The summed E-state index contributed by atoms with van der Waals surface area (Å²) >= 11 is -2.14. The van der Waals surface area contributed by atoms with E-state index in [0.717, 1.165) is 22.7 Å². The number of nitrogens with one attached hydrogen (secondary N) is 2. The molecule has 206 valence electrons. The first-order chi connectivity index (χ1) is 18.2. The van der Waals surface area contributed by atoms with Gasteiger partial charge in [0, 0.05) is 38.1 Å². The first-order valence-electron chi connectivity index (χ1n) is 12.8. The second kappa shape index (κ2) is 11.8. The number of hydrogen-bond donors (Lipinski definition) is 2. The van der Waals surface area contributed by atoms with Crippen molar-refractivity contribution in [2.45, 2.75) is 69.5 Å². The van der Waals surface area contributed by atoms with Crippen LogP contribution in [-0.2, 0) is 26.3 Å². The molecule has 3 atom stereocenters. The number of piperidine rings is 1. The molecule has 2 amide bonds. The molecule has 3 unspecified atom stereocenters. The first-order valence-corrected chi connectivity index (χ1v) is 13.8. The van der Waals surface area contributed by atoms with Gasteiger partial charge in [-0.3, -0.25) is 18.9 Å². The highest BCUT2D eigenvalue weighted by molar-refractivity contribution is 7.84. The number of rotatable bonds is 10. The van der Waals surface area contributed by atoms with E-state index in [1.165, 1.54) is 11.4 Å². The summed E-state index contributed by atoms with van der Waals surface area (Å²) in [6, 6.07) is 3.07. The zero-order valence-electron chi connectivity index (χ0n) is 21.4. The van der Waals surface area contributed by atoms with E-state index < -0.39 is 57.8 Å². The second-order valence-electron chi connectivity index (χ2n) is 9.76. The second-order valence-corrected chi connectivity index (χ2v) is 11.2. The maximum Gasteiger partial charge on any atom is 0.243 e. The van der Waals surface area contributed by atoms with E-state index in [1.54, 1.807) is 12.4 Å². The number of aromatic nitrogens is 1. The molecule has 8 nitrogen and oxygen atoms in total. The average molecular weight is 552 g/mol. The van der Waals surface area contributed by atoms with Gasteiger partial charge in [0.2, 0.25) is 11.8 Å². The van der Waals surface area contributed by atoms with Crippen LogP contribution in [0.15, 0.2) is 36.7 Å². The van der Waals surface area contributed by atoms with Gasteiger partial charge >= 0.3 is 0 Å². The molecule has 2 aliphatic rings. The summed E-state index contributed by atoms with van der Waals surface area (Å²) in [7, 11) is 1.22. The Morgan fingerprint density at radius 3 is 2.55 bits per heavy atom. The topological polar surface area (TPSA) is 94.6 Å². The summed E-state index contributed by atoms with van der Waals surface area (Å²) in [6.45, 7) is 2.15. The molecule has 4 rings (SSSR count). The van der Waals surface area contributed by atoms with Crippen molar-refractivity contribution in [3.05, 3.63) is 59.7 Å². The van der Waals surface area contributed by atoms with Gasteiger partial charge in [0.1, 0.15) is 23.6 Å². The van der Waals surface area contributed by atoms with Crippen LogP contribution < -0.4 is 14.9 Å². The van der Waals surface area contributed by atoms with Gasteiger partial charge < -0.3 is 10.6 Å². The van der Waals surface area contributed by atoms with E-state index in [2.05, 4.69) is 15.6 Å². The number of carbonyl (C=O) groups is 2. The van der Waals surface area contributed by atoms with Crippen molar-refractivity contribution in [2.75, 3.05) is 17.9 Å². The SMILES string of the molecule is CCCC(NC(=O)C1CCCCN1S(=O)N(C)c1c(F)cc(F)cc1F)C(=O)NC1(c2cccnc2)CC1. The Bertz CT molecular complexity index is 1170. The number of pyridine rings is 1. The van der Waals surface area contributed by atoms with Gasteiger partial charge in [-0.15, -0.1) is 0 Å². The molecule has 1 aliphatic heterocycles. The number of anilines is 1. The smallest absolute Gasteiger partial charge is 0.243 e. The molecule has 2 N–H and O–H groups in total. The monoisotopic (exact) mass is 551 g/mol. The fourth-order valence-corrected chi connectivity index (χ4v) is 6.18. The number of carbonyl (C=O) groups excluding carboxylic acids is 2. The number of halogens is 3. The zero-order valence-corrected chi connectivity index (χ0v) is 22.2. The van der Waals surface area contributed by atoms with Crippen LogP contribution in [0, 0.1) is 17.5 Å². The van der Waals surface area contributed by atoms with E-state index in [9.17, 15) is 27.0 Å². The minimum Gasteiger partial charge on any atom is -0.345 e. The Morgan fingerprint density at radius 1 is 1.24 bits per heavy atom. The van der Waals surface area contributed by atoms with Crippen LogP contribution in [-0.4, -0.2) is 51.0 Å². The van der Waals surface area contributed by atoms with E-state index >= 15 is 0 Å². The normalized spacial score (nSPS) is 20.3. The van der Waals surface area contributed by atoms with Crippen LogP contribution in [0.4, 0.5) is 18.9 Å². The lowest BCUT2D eigenvalue weighted by molar-refractivity contribution is -0.132. The van der Waals surface area contributed by atoms with E-state index in [0.29, 0.717) is 44.2 Å². The molecule has 2 fully saturated rings. The Balaban J connectivity index is 1.47. The lowest BCUT2D eigenvalue weighted by atomic mass is 10.0. The number of hydrogen-bond acceptors (Lipinski definition) is 4. The Hall–Kier alpha value is -2.99. The third-order valence-corrected chi connectivity index (χ3v) is 8.51. The molecule has 1 aromatic heterocycles. The van der Waals surface area contributed by atoms with Gasteiger partial charge in [0.25, 0.3) is 0 Å². The molecule has 1 saturated heterocycles. The predicted molar refractivity (Wildman–Crippen MR) is 137 cm³/mol. The maximum absolute atomic E-state index is 14.4. The van der Waals surface area contributed by atoms with Crippen molar-refractivity contribution >= 4 is 28.7 Å². The first kappa shape index (κ1) is 28.0. The molecule has 12 heteroatoms. The van der Waals surface area contributed by atoms with Crippen LogP contribution >= 0.6 is 0 Å². The molecular formula is C26H32F3N5O3S. The quantitative estimate of drug-likeness (QED) is 0.473. The lowest BCUT2D eigenvalue weighted by Crippen LogP contribution is -2.57. The van der Waals surface area contributed by atoms with E-state index in [4.69, 9.17) is 0 Å². The largest absolute Gasteiger partial charge is 0.345 e. The minimum absolute atomic E-state index is 0.244. The summed E-state index contributed by atoms with van der Waals surface area (Å²) in [4.78, 5) is 30.8. The van der Waals surface area contributed by atoms with E-state index in [1.807, 2.05) is 19.1 Å². The van der Waals surface area contributed by atoms with Crippen LogP contribution in [0.1, 0.15) is 57.4 Å². The van der Waals surface area contributed by atoms with Gasteiger partial charge in [0.05, 0.1) is 5.54 Å². The van der Waals surface area contributed by atoms with Crippen molar-refractivity contribution in [2.24, 2.45) is 0 Å². The standard InChI is InChI=1S/C26H32F3N5O3S/c1-3-7-21(24(35)32-26(10-11-26)17-8-6-12-30-16-17)31-25(36)22-9-4-5-13-34(22)38(37)33(2)23-19(28)14-18(27)15-20(23)29/h6,8,12,14-16,21-22H,3-5,7,9-11,13H2,1-2H3,(H,31,36)(H,32,35). The Morgan fingerprint density at radius 2 is 1.95 bits per heavy atom. The average Bonchev–Trinajstić information content (AvgIpc) is 3.68. The molecule has 0 spiro atoms. The highest BCUT2D eigenvalue weighted by atomic mass is 32.2. The minimum atomic E-state index is -2.14. The number of nitrogens with zero attached hydrogens (tertiary/aromatic N) is 3. The van der Waals surface area contributed by atoms with Crippen LogP contribution in [0.5, 0.6) is 0 Å². The summed E-state index contributed by atoms with van der Waals surface area (Å²) in [5.41, 5.74) is -0.234. The molecule has 38 heavy (non-hydrogen) atoms. The maximum atomic E-state index is 14.4. The van der Waals surface area contributed by atoms with Crippen LogP contribution in [0.3, 0.4) is 0 Å². The molecule has 2 heterocycles. The van der Waals surface area contributed by atoms with Gasteiger partial charge in [-0.1, -0.05) is 25.8 Å². The van der Waals surface area contributed by atoms with Crippen LogP contribution in [0.25, 0.3) is 0 Å². The third-order valence-electron chi connectivity index (χ3n) is 7.02. The summed E-state index contributed by atoms with van der Waals surface area (Å²) in [6.07, 6.45) is 7.66. The van der Waals surface area contributed by atoms with Crippen molar-refractivity contribution in [1.82, 2.24) is 19.9 Å². The highest BCUT2D eigenvalue weighted by Gasteiger charge is 2.47. The van der Waals surface area contributed by atoms with Crippen molar-refractivity contribution in [3.63, 3.8) is 0 Å². The fraction of sp³-hybridized carbons (Fsp3) is 0.500. The summed E-state index contributed by atoms with van der Waals surface area (Å²) in [5.74, 6) is -4.27. The van der Waals surface area contributed by atoms with Crippen molar-refractivity contribution in [3.8, 4) is 0 Å². The number of benzene rings is 1. The Kier molecular flexibility index (Phi) is 8.71. The molecule has 2 aromatic rings. The highest BCUT2D eigenvalue weighted by Crippen LogP contribution is 2.45. The van der Waals surface area contributed by atoms with Crippen LogP contribution in [0.2, 0.25) is 0 Å². The van der Waals surface area contributed by atoms with Gasteiger partial charge in [0.15, 0.2) is 22.8 Å². The molecule has 1 aliphatic carbocycles. The van der Waals surface area contributed by atoms with E-state index in [-0.39, 0.29) is 12.5 Å². The molecule has 0 bridgehead atoms. The predicted octanol–water partition coefficient (Wildman–Crippen LogP) is 3.46. The zero-order chi connectivity index (χ0) is 27.4.